The summed E-state index contributed by atoms with van der Waals surface area (Å²) in [5.74, 6) is 0. The lowest BCUT2D eigenvalue weighted by Crippen LogP contribution is -2.39. The predicted octanol–water partition coefficient (Wildman–Crippen LogP) is 6.17. The molecule has 4 aromatic rings. The molecule has 0 unspecified atom stereocenters. The van der Waals surface area contributed by atoms with E-state index >= 15 is 0 Å². The number of hydrogen-bond donors (Lipinski definition) is 0. The number of rotatable bonds is 7. The van der Waals surface area contributed by atoms with E-state index < -0.39 is 5.54 Å². The van der Waals surface area contributed by atoms with Gasteiger partial charge in [0.05, 0.1) is 5.69 Å². The second kappa shape index (κ2) is 8.88. The van der Waals surface area contributed by atoms with E-state index in [1.165, 1.54) is 28.8 Å². The lowest BCUT2D eigenvalue weighted by atomic mass is 9.76. The molecule has 0 aliphatic heterocycles. The number of ether oxygens (including phenoxy) is 1. The van der Waals surface area contributed by atoms with Crippen LogP contribution in [0.3, 0.4) is 0 Å². The van der Waals surface area contributed by atoms with Gasteiger partial charge in [0.25, 0.3) is 6.01 Å². The predicted molar refractivity (Wildman–Crippen MR) is 129 cm³/mol. The van der Waals surface area contributed by atoms with E-state index in [9.17, 15) is 0 Å². The van der Waals surface area contributed by atoms with Gasteiger partial charge in [0.15, 0.2) is 0 Å². The molecule has 1 aliphatic carbocycles. The van der Waals surface area contributed by atoms with Crippen LogP contribution in [0.2, 0.25) is 0 Å². The number of hydrogen-bond acceptors (Lipinski definition) is 2. The highest BCUT2D eigenvalue weighted by molar-refractivity contribution is 5.53. The molecular formula is C29H28N2O. The molecule has 3 aromatic carbocycles. The van der Waals surface area contributed by atoms with E-state index in [0.717, 1.165) is 25.0 Å². The molecule has 0 atom stereocenters. The van der Waals surface area contributed by atoms with E-state index in [0.29, 0.717) is 12.6 Å². The Morgan fingerprint density at radius 2 is 1.28 bits per heavy atom. The average Bonchev–Trinajstić information content (AvgIpc) is 3.24. The molecule has 0 saturated carbocycles. The van der Waals surface area contributed by atoms with Gasteiger partial charge in [-0.2, -0.15) is 4.98 Å². The van der Waals surface area contributed by atoms with Gasteiger partial charge in [0.2, 0.25) is 0 Å². The Balaban J connectivity index is 1.92. The van der Waals surface area contributed by atoms with E-state index in [1.54, 1.807) is 6.08 Å². The average molecular weight is 421 g/mol. The largest absolute Gasteiger partial charge is 0.460 e. The minimum Gasteiger partial charge on any atom is -0.460 e. The van der Waals surface area contributed by atoms with Crippen LogP contribution in [0.15, 0.2) is 104 Å². The Morgan fingerprint density at radius 3 is 1.78 bits per heavy atom. The van der Waals surface area contributed by atoms with Gasteiger partial charge in [0.1, 0.15) is 12.1 Å². The molecule has 3 heteroatoms. The van der Waals surface area contributed by atoms with Crippen LogP contribution in [-0.4, -0.2) is 16.2 Å². The van der Waals surface area contributed by atoms with Crippen molar-refractivity contribution in [1.29, 1.82) is 0 Å². The van der Waals surface area contributed by atoms with E-state index in [1.807, 2.05) is 0 Å². The van der Waals surface area contributed by atoms with Crippen LogP contribution in [0.1, 0.15) is 40.9 Å². The summed E-state index contributed by atoms with van der Waals surface area (Å²) in [4.78, 5) is 5.02. The first-order valence-corrected chi connectivity index (χ1v) is 11.4. The van der Waals surface area contributed by atoms with Crippen LogP contribution in [0, 0.1) is 0 Å². The zero-order chi connectivity index (χ0) is 21.8. The topological polar surface area (TPSA) is 27.1 Å². The second-order valence-corrected chi connectivity index (χ2v) is 8.24. The summed E-state index contributed by atoms with van der Waals surface area (Å²) < 4.78 is 8.61. The van der Waals surface area contributed by atoms with Gasteiger partial charge < -0.3 is 4.74 Å². The van der Waals surface area contributed by atoms with Crippen LogP contribution in [0.5, 0.6) is 6.01 Å². The number of aromatic nitrogens is 2. The van der Waals surface area contributed by atoms with Gasteiger partial charge in [-0.1, -0.05) is 104 Å². The van der Waals surface area contributed by atoms with Crippen molar-refractivity contribution in [2.24, 2.45) is 0 Å². The van der Waals surface area contributed by atoms with E-state index in [-0.39, 0.29) is 0 Å². The molecule has 1 heterocycles. The van der Waals surface area contributed by atoms with Gasteiger partial charge in [-0.25, -0.2) is 0 Å². The Labute approximate surface area is 190 Å². The van der Waals surface area contributed by atoms with Crippen LogP contribution < -0.4 is 4.74 Å². The van der Waals surface area contributed by atoms with Crippen molar-refractivity contribution >= 4 is 0 Å². The summed E-state index contributed by atoms with van der Waals surface area (Å²) in [6.07, 6.45) is 6.09. The SMILES string of the molecule is C=CCOc1nc2c(n1C(c1ccccc1)(c1ccccc1)c1ccccc1)CCCC2. The molecule has 32 heavy (non-hydrogen) atoms. The van der Waals surface area contributed by atoms with Gasteiger partial charge in [-0.05, 0) is 42.4 Å². The molecule has 1 aliphatic rings. The molecular weight excluding hydrogens is 392 g/mol. The van der Waals surface area contributed by atoms with Crippen LogP contribution in [0.4, 0.5) is 0 Å². The van der Waals surface area contributed by atoms with Crippen molar-refractivity contribution in [3.05, 3.63) is 132 Å². The lowest BCUT2D eigenvalue weighted by Gasteiger charge is -2.39. The van der Waals surface area contributed by atoms with Crippen molar-refractivity contribution < 1.29 is 4.74 Å². The first kappa shape index (κ1) is 20.3. The summed E-state index contributed by atoms with van der Waals surface area (Å²) in [5, 5.41) is 0. The molecule has 0 amide bonds. The normalized spacial score (nSPS) is 13.4. The van der Waals surface area contributed by atoms with Crippen LogP contribution in [-0.2, 0) is 18.4 Å². The first-order chi connectivity index (χ1) is 15.9. The standard InChI is InChI=1S/C29H28N2O/c1-2-22-32-28-30-26-20-12-13-21-27(26)31(28)29(23-14-6-3-7-15-23,24-16-8-4-9-17-24)25-18-10-5-11-19-25/h2-11,14-19H,1,12-13,20-22H2. The molecule has 0 radical (unpaired) electrons. The Hall–Kier alpha value is -3.59. The smallest absolute Gasteiger partial charge is 0.298 e. The second-order valence-electron chi connectivity index (χ2n) is 8.24. The molecule has 0 saturated heterocycles. The summed E-state index contributed by atoms with van der Waals surface area (Å²) in [7, 11) is 0. The molecule has 0 fully saturated rings. The summed E-state index contributed by atoms with van der Waals surface area (Å²) in [6.45, 7) is 4.28. The van der Waals surface area contributed by atoms with Crippen LogP contribution >= 0.6 is 0 Å². The van der Waals surface area contributed by atoms with Gasteiger partial charge in [-0.15, -0.1) is 0 Å². The molecule has 3 nitrogen and oxygen atoms in total. The zero-order valence-electron chi connectivity index (χ0n) is 18.3. The molecule has 1 aromatic heterocycles. The summed E-state index contributed by atoms with van der Waals surface area (Å²) >= 11 is 0. The zero-order valence-corrected chi connectivity index (χ0v) is 18.3. The Kier molecular flexibility index (Phi) is 5.64. The Bertz CT molecular complexity index is 1080. The van der Waals surface area contributed by atoms with Crippen molar-refractivity contribution in [3.8, 4) is 6.01 Å². The highest BCUT2D eigenvalue weighted by Gasteiger charge is 2.43. The van der Waals surface area contributed by atoms with Gasteiger partial charge in [0, 0.05) is 5.69 Å². The highest BCUT2D eigenvalue weighted by Crippen LogP contribution is 2.45. The fourth-order valence-corrected chi connectivity index (χ4v) is 5.02. The lowest BCUT2D eigenvalue weighted by molar-refractivity contribution is 0.295. The fraction of sp³-hybridized carbons (Fsp3) is 0.207. The van der Waals surface area contributed by atoms with Crippen LogP contribution in [0.25, 0.3) is 0 Å². The third-order valence-corrected chi connectivity index (χ3v) is 6.34. The minimum atomic E-state index is -0.599. The summed E-state index contributed by atoms with van der Waals surface area (Å²) in [6, 6.07) is 32.9. The number of nitrogens with zero attached hydrogens (tertiary/aromatic N) is 2. The maximum atomic E-state index is 6.24. The van der Waals surface area contributed by atoms with Crippen molar-refractivity contribution in [2.75, 3.05) is 6.61 Å². The van der Waals surface area contributed by atoms with Crippen molar-refractivity contribution in [1.82, 2.24) is 9.55 Å². The van der Waals surface area contributed by atoms with Crippen molar-refractivity contribution in [2.45, 2.75) is 31.2 Å². The third-order valence-electron chi connectivity index (χ3n) is 6.34. The number of fused-ring (bicyclic) bond motifs is 1. The maximum absolute atomic E-state index is 6.24. The highest BCUT2D eigenvalue weighted by atomic mass is 16.5. The van der Waals surface area contributed by atoms with E-state index in [4.69, 9.17) is 9.72 Å². The number of imidazole rings is 1. The molecule has 0 bridgehead atoms. The minimum absolute atomic E-state index is 0.421. The van der Waals surface area contributed by atoms with E-state index in [2.05, 4.69) is 102 Å². The first-order valence-electron chi connectivity index (χ1n) is 11.4. The van der Waals surface area contributed by atoms with Gasteiger partial charge in [-0.3, -0.25) is 4.57 Å². The molecule has 0 spiro atoms. The quantitative estimate of drug-likeness (QED) is 0.264. The maximum Gasteiger partial charge on any atom is 0.298 e. The molecule has 5 rings (SSSR count). The number of aryl methyl sites for hydroxylation is 1. The Morgan fingerprint density at radius 1 is 0.781 bits per heavy atom. The molecule has 160 valence electrons. The molecule has 0 N–H and O–H groups in total. The third kappa shape index (κ3) is 3.34. The summed E-state index contributed by atoms with van der Waals surface area (Å²) in [5.41, 5.74) is 5.39. The van der Waals surface area contributed by atoms with Gasteiger partial charge >= 0.3 is 0 Å². The fourth-order valence-electron chi connectivity index (χ4n) is 5.02. The monoisotopic (exact) mass is 420 g/mol. The van der Waals surface area contributed by atoms with Crippen molar-refractivity contribution in [3.63, 3.8) is 0 Å². The number of benzene rings is 3.